The van der Waals surface area contributed by atoms with Gasteiger partial charge in [0.15, 0.2) is 9.84 Å². The third-order valence-electron chi connectivity index (χ3n) is 2.46. The van der Waals surface area contributed by atoms with Gasteiger partial charge in [-0.05, 0) is 30.3 Å². The van der Waals surface area contributed by atoms with Gasteiger partial charge in [0.1, 0.15) is 11.6 Å². The molecule has 0 aliphatic heterocycles. The van der Waals surface area contributed by atoms with Crippen molar-refractivity contribution in [2.45, 2.75) is 10.6 Å². The minimum absolute atomic E-state index is 0.0914. The normalized spacial score (nSPS) is 11.4. The van der Waals surface area contributed by atoms with Gasteiger partial charge in [0.05, 0.1) is 10.6 Å². The first-order valence-corrected chi connectivity index (χ1v) is 6.86. The molecular weight excluding hydrogens is 258 g/mol. The van der Waals surface area contributed by atoms with E-state index >= 15 is 0 Å². The summed E-state index contributed by atoms with van der Waals surface area (Å²) in [6, 6.07) is 10.5. The molecule has 0 N–H and O–H groups in total. The fourth-order valence-corrected chi connectivity index (χ4v) is 2.94. The van der Waals surface area contributed by atoms with Crippen LogP contribution < -0.4 is 0 Å². The van der Waals surface area contributed by atoms with E-state index in [1.165, 1.54) is 12.1 Å². The lowest BCUT2D eigenvalue weighted by Gasteiger charge is -2.05. The maximum atomic E-state index is 13.4. The minimum atomic E-state index is -3.66. The van der Waals surface area contributed by atoms with Crippen LogP contribution in [-0.4, -0.2) is 8.42 Å². The molecule has 0 radical (unpaired) electrons. The Morgan fingerprint density at radius 1 is 0.944 bits per heavy atom. The molecule has 0 spiro atoms. The van der Waals surface area contributed by atoms with Crippen LogP contribution in [-0.2, 0) is 15.6 Å². The molecule has 5 heteroatoms. The Morgan fingerprint density at radius 2 is 1.61 bits per heavy atom. The molecule has 0 heterocycles. The first-order chi connectivity index (χ1) is 8.49. The van der Waals surface area contributed by atoms with Crippen LogP contribution in [0.2, 0.25) is 0 Å². The predicted molar refractivity (Wildman–Crippen MR) is 63.7 cm³/mol. The van der Waals surface area contributed by atoms with Crippen LogP contribution in [0.4, 0.5) is 8.78 Å². The van der Waals surface area contributed by atoms with Gasteiger partial charge in [0, 0.05) is 5.56 Å². The van der Waals surface area contributed by atoms with E-state index in [9.17, 15) is 17.2 Å². The average Bonchev–Trinajstić information content (AvgIpc) is 2.35. The maximum Gasteiger partial charge on any atom is 0.182 e. The van der Waals surface area contributed by atoms with E-state index in [4.69, 9.17) is 0 Å². The highest BCUT2D eigenvalue weighted by Gasteiger charge is 2.17. The summed E-state index contributed by atoms with van der Waals surface area (Å²) in [6.45, 7) is 0. The Morgan fingerprint density at radius 3 is 2.28 bits per heavy atom. The highest BCUT2D eigenvalue weighted by molar-refractivity contribution is 7.90. The smallest absolute Gasteiger partial charge is 0.182 e. The summed E-state index contributed by atoms with van der Waals surface area (Å²) < 4.78 is 50.3. The highest BCUT2D eigenvalue weighted by atomic mass is 32.2. The van der Waals surface area contributed by atoms with E-state index in [2.05, 4.69) is 0 Å². The van der Waals surface area contributed by atoms with Gasteiger partial charge in [-0.15, -0.1) is 0 Å². The average molecular weight is 268 g/mol. The Kier molecular flexibility index (Phi) is 3.43. The summed E-state index contributed by atoms with van der Waals surface area (Å²) in [7, 11) is -3.66. The van der Waals surface area contributed by atoms with Crippen molar-refractivity contribution >= 4 is 9.84 Å². The summed E-state index contributed by atoms with van der Waals surface area (Å²) in [5.41, 5.74) is -0.168. The molecule has 0 bridgehead atoms. The van der Waals surface area contributed by atoms with Crippen LogP contribution in [0, 0.1) is 11.6 Å². The van der Waals surface area contributed by atoms with Gasteiger partial charge in [-0.2, -0.15) is 0 Å². The molecule has 0 amide bonds. The summed E-state index contributed by atoms with van der Waals surface area (Å²) in [5.74, 6) is -1.94. The van der Waals surface area contributed by atoms with Gasteiger partial charge < -0.3 is 0 Å². The Balaban J connectivity index is 2.37. The van der Waals surface area contributed by atoms with Crippen LogP contribution in [0.1, 0.15) is 5.56 Å². The second kappa shape index (κ2) is 4.86. The molecule has 0 saturated heterocycles. The third-order valence-corrected chi connectivity index (χ3v) is 4.14. The number of halogens is 2. The molecule has 0 aliphatic carbocycles. The van der Waals surface area contributed by atoms with E-state index < -0.39 is 27.2 Å². The van der Waals surface area contributed by atoms with Crippen molar-refractivity contribution in [3.05, 3.63) is 65.7 Å². The van der Waals surface area contributed by atoms with Gasteiger partial charge >= 0.3 is 0 Å². The Labute approximate surface area is 104 Å². The predicted octanol–water partition coefficient (Wildman–Crippen LogP) is 2.94. The topological polar surface area (TPSA) is 34.1 Å². The first-order valence-electron chi connectivity index (χ1n) is 5.21. The number of hydrogen-bond acceptors (Lipinski definition) is 2. The van der Waals surface area contributed by atoms with Crippen molar-refractivity contribution < 1.29 is 17.2 Å². The zero-order chi connectivity index (χ0) is 13.2. The minimum Gasteiger partial charge on any atom is -0.223 e. The lowest BCUT2D eigenvalue weighted by molar-refractivity contribution is 0.578. The van der Waals surface area contributed by atoms with Crippen LogP contribution >= 0.6 is 0 Å². The van der Waals surface area contributed by atoms with Gasteiger partial charge in [0.2, 0.25) is 0 Å². The second-order valence-electron chi connectivity index (χ2n) is 3.81. The largest absolute Gasteiger partial charge is 0.223 e. The van der Waals surface area contributed by atoms with Crippen molar-refractivity contribution in [3.63, 3.8) is 0 Å². The van der Waals surface area contributed by atoms with E-state index in [1.54, 1.807) is 18.2 Å². The van der Waals surface area contributed by atoms with E-state index in [1.807, 2.05) is 0 Å². The van der Waals surface area contributed by atoms with E-state index in [0.717, 1.165) is 18.2 Å². The molecule has 94 valence electrons. The van der Waals surface area contributed by atoms with Crippen molar-refractivity contribution in [3.8, 4) is 0 Å². The molecule has 2 rings (SSSR count). The molecule has 2 aromatic rings. The van der Waals surface area contributed by atoms with Crippen molar-refractivity contribution in [1.29, 1.82) is 0 Å². The molecule has 0 fully saturated rings. The van der Waals surface area contributed by atoms with Crippen molar-refractivity contribution in [2.24, 2.45) is 0 Å². The molecule has 0 saturated carbocycles. The standard InChI is InChI=1S/C13H10F2O2S/c14-11-6-7-13(15)10(8-11)9-18(16,17)12-4-2-1-3-5-12/h1-8H,9H2. The number of sulfone groups is 1. The molecule has 0 aliphatic rings. The van der Waals surface area contributed by atoms with Crippen molar-refractivity contribution in [2.75, 3.05) is 0 Å². The molecule has 2 nitrogen and oxygen atoms in total. The lowest BCUT2D eigenvalue weighted by Crippen LogP contribution is -2.06. The molecule has 0 unspecified atom stereocenters. The zero-order valence-corrected chi connectivity index (χ0v) is 10.1. The molecular formula is C13H10F2O2S. The third kappa shape index (κ3) is 2.73. The Hall–Kier alpha value is -1.75. The summed E-state index contributed by atoms with van der Waals surface area (Å²) >= 11 is 0. The van der Waals surface area contributed by atoms with Crippen LogP contribution in [0.5, 0.6) is 0 Å². The molecule has 18 heavy (non-hydrogen) atoms. The monoisotopic (exact) mass is 268 g/mol. The summed E-state index contributed by atoms with van der Waals surface area (Å²) in [6.07, 6.45) is 0. The molecule has 0 atom stereocenters. The quantitative estimate of drug-likeness (QED) is 0.857. The van der Waals surface area contributed by atoms with E-state index in [0.29, 0.717) is 0 Å². The van der Waals surface area contributed by atoms with Crippen LogP contribution in [0.15, 0.2) is 53.4 Å². The van der Waals surface area contributed by atoms with Gasteiger partial charge in [0.25, 0.3) is 0 Å². The van der Waals surface area contributed by atoms with E-state index in [-0.39, 0.29) is 10.5 Å². The highest BCUT2D eigenvalue weighted by Crippen LogP contribution is 2.18. The fraction of sp³-hybridized carbons (Fsp3) is 0.0769. The van der Waals surface area contributed by atoms with Gasteiger partial charge in [-0.3, -0.25) is 0 Å². The molecule has 0 aromatic heterocycles. The Bertz CT molecular complexity index is 652. The summed E-state index contributed by atoms with van der Waals surface area (Å²) in [4.78, 5) is 0.0914. The number of hydrogen-bond donors (Lipinski definition) is 0. The zero-order valence-electron chi connectivity index (χ0n) is 9.31. The second-order valence-corrected chi connectivity index (χ2v) is 5.80. The van der Waals surface area contributed by atoms with Gasteiger partial charge in [-0.25, -0.2) is 17.2 Å². The molecule has 2 aromatic carbocycles. The maximum absolute atomic E-state index is 13.4. The number of rotatable bonds is 3. The van der Waals surface area contributed by atoms with Crippen LogP contribution in [0.25, 0.3) is 0 Å². The number of benzene rings is 2. The van der Waals surface area contributed by atoms with Crippen molar-refractivity contribution in [1.82, 2.24) is 0 Å². The lowest BCUT2D eigenvalue weighted by atomic mass is 10.2. The SMILES string of the molecule is O=S(=O)(Cc1cc(F)ccc1F)c1ccccc1. The van der Waals surface area contributed by atoms with Crippen LogP contribution in [0.3, 0.4) is 0 Å². The fourth-order valence-electron chi connectivity index (χ4n) is 1.57. The summed E-state index contributed by atoms with van der Waals surface area (Å²) in [5, 5.41) is 0. The first kappa shape index (κ1) is 12.7. The van der Waals surface area contributed by atoms with Gasteiger partial charge in [-0.1, -0.05) is 18.2 Å².